The molecule has 116 valence electrons. The van der Waals surface area contributed by atoms with Crippen molar-refractivity contribution in [3.8, 4) is 0 Å². The summed E-state index contributed by atoms with van der Waals surface area (Å²) >= 11 is 0. The van der Waals surface area contributed by atoms with E-state index in [0.29, 0.717) is 0 Å². The molecule has 2 N–H and O–H groups in total. The molecular weight excluding hydrogens is 268 g/mol. The van der Waals surface area contributed by atoms with Gasteiger partial charge in [-0.3, -0.25) is 4.84 Å². The van der Waals surface area contributed by atoms with Gasteiger partial charge in [-0.05, 0) is 26.3 Å². The van der Waals surface area contributed by atoms with Gasteiger partial charge in [0.1, 0.15) is 12.2 Å². The van der Waals surface area contributed by atoms with Crippen LogP contribution in [0.4, 0.5) is 4.79 Å². The molecule has 0 radical (unpaired) electrons. The summed E-state index contributed by atoms with van der Waals surface area (Å²) in [5.74, 6) is 0. The molecule has 0 aliphatic carbocycles. The number of hydrogen-bond donors (Lipinski definition) is 1. The predicted molar refractivity (Wildman–Crippen MR) is 82.3 cm³/mol. The SMILES string of the molecule is C=CC(CN)N(OCc1ccccc1)C(=O)OC(C)(C)C. The lowest BCUT2D eigenvalue weighted by Gasteiger charge is -2.30. The second kappa shape index (κ2) is 7.81. The fourth-order valence-electron chi connectivity index (χ4n) is 1.60. The third-order valence-corrected chi connectivity index (χ3v) is 2.60. The topological polar surface area (TPSA) is 64.8 Å². The molecule has 1 rings (SSSR count). The van der Waals surface area contributed by atoms with Crippen LogP contribution in [0.2, 0.25) is 0 Å². The summed E-state index contributed by atoms with van der Waals surface area (Å²) in [5.41, 5.74) is 6.00. The van der Waals surface area contributed by atoms with Crippen LogP contribution < -0.4 is 5.73 Å². The first-order chi connectivity index (χ1) is 9.87. The molecule has 0 aliphatic heterocycles. The van der Waals surface area contributed by atoms with E-state index in [-0.39, 0.29) is 13.2 Å². The zero-order valence-corrected chi connectivity index (χ0v) is 12.9. The Hall–Kier alpha value is -1.85. The van der Waals surface area contributed by atoms with E-state index in [0.717, 1.165) is 10.6 Å². The maximum atomic E-state index is 12.2. The first-order valence-electron chi connectivity index (χ1n) is 6.89. The van der Waals surface area contributed by atoms with E-state index in [1.807, 2.05) is 30.3 Å². The van der Waals surface area contributed by atoms with E-state index >= 15 is 0 Å². The molecule has 0 saturated carbocycles. The van der Waals surface area contributed by atoms with E-state index in [1.54, 1.807) is 26.8 Å². The van der Waals surface area contributed by atoms with E-state index in [4.69, 9.17) is 15.3 Å². The predicted octanol–water partition coefficient (Wildman–Crippen LogP) is 2.87. The van der Waals surface area contributed by atoms with E-state index < -0.39 is 17.7 Å². The molecule has 0 heterocycles. The van der Waals surface area contributed by atoms with Crippen molar-refractivity contribution < 1.29 is 14.4 Å². The Kier molecular flexibility index (Phi) is 6.39. The number of nitrogens with zero attached hydrogens (tertiary/aromatic N) is 1. The minimum absolute atomic E-state index is 0.206. The highest BCUT2D eigenvalue weighted by Crippen LogP contribution is 2.14. The summed E-state index contributed by atoms with van der Waals surface area (Å²) in [6, 6.07) is 9.12. The Bertz CT molecular complexity index is 454. The fourth-order valence-corrected chi connectivity index (χ4v) is 1.60. The maximum Gasteiger partial charge on any atom is 0.435 e. The highest BCUT2D eigenvalue weighted by molar-refractivity contribution is 5.67. The van der Waals surface area contributed by atoms with Gasteiger partial charge < -0.3 is 10.5 Å². The monoisotopic (exact) mass is 292 g/mol. The van der Waals surface area contributed by atoms with E-state index in [1.165, 1.54) is 0 Å². The van der Waals surface area contributed by atoms with Gasteiger partial charge in [0.05, 0.1) is 6.04 Å². The van der Waals surface area contributed by atoms with Gasteiger partial charge in [0.2, 0.25) is 0 Å². The summed E-state index contributed by atoms with van der Waals surface area (Å²) < 4.78 is 5.33. The van der Waals surface area contributed by atoms with Crippen LogP contribution in [0.3, 0.4) is 0 Å². The Morgan fingerprint density at radius 3 is 2.48 bits per heavy atom. The van der Waals surface area contributed by atoms with Crippen molar-refractivity contribution in [1.29, 1.82) is 0 Å². The molecule has 5 heteroatoms. The van der Waals surface area contributed by atoms with Crippen LogP contribution >= 0.6 is 0 Å². The van der Waals surface area contributed by atoms with Gasteiger partial charge in [-0.2, -0.15) is 5.06 Å². The molecule has 1 atom stereocenters. The molecule has 0 fully saturated rings. The summed E-state index contributed by atoms with van der Waals surface area (Å²) in [5, 5.41) is 1.14. The van der Waals surface area contributed by atoms with Gasteiger partial charge >= 0.3 is 6.09 Å². The highest BCUT2D eigenvalue weighted by Gasteiger charge is 2.27. The maximum absolute atomic E-state index is 12.2. The molecule has 1 aromatic rings. The van der Waals surface area contributed by atoms with Crippen molar-refractivity contribution >= 4 is 6.09 Å². The normalized spacial score (nSPS) is 12.6. The smallest absolute Gasteiger partial charge is 0.435 e. The zero-order valence-electron chi connectivity index (χ0n) is 12.9. The molecule has 0 aromatic heterocycles. The van der Waals surface area contributed by atoms with Crippen molar-refractivity contribution in [3.63, 3.8) is 0 Å². The molecule has 5 nitrogen and oxygen atoms in total. The lowest BCUT2D eigenvalue weighted by molar-refractivity contribution is -0.169. The summed E-state index contributed by atoms with van der Waals surface area (Å²) in [6.45, 7) is 9.53. The molecular formula is C16H24N2O3. The number of hydrogen-bond acceptors (Lipinski definition) is 4. The molecule has 1 aromatic carbocycles. The molecule has 21 heavy (non-hydrogen) atoms. The van der Waals surface area contributed by atoms with Gasteiger partial charge in [0.25, 0.3) is 0 Å². The Morgan fingerprint density at radius 2 is 2.00 bits per heavy atom. The molecule has 0 bridgehead atoms. The lowest BCUT2D eigenvalue weighted by Crippen LogP contribution is -2.45. The largest absolute Gasteiger partial charge is 0.442 e. The Labute approximate surface area is 126 Å². The number of carbonyl (C=O) groups excluding carboxylic acids is 1. The van der Waals surface area contributed by atoms with Crippen LogP contribution in [-0.4, -0.2) is 29.3 Å². The van der Waals surface area contributed by atoms with Crippen LogP contribution in [0.1, 0.15) is 26.3 Å². The minimum Gasteiger partial charge on any atom is -0.442 e. The first kappa shape index (κ1) is 17.2. The third-order valence-electron chi connectivity index (χ3n) is 2.60. The van der Waals surface area contributed by atoms with Crippen molar-refractivity contribution in [3.05, 3.63) is 48.6 Å². The third kappa shape index (κ3) is 5.97. The fraction of sp³-hybridized carbons (Fsp3) is 0.438. The molecule has 0 aliphatic rings. The average Bonchev–Trinajstić information content (AvgIpc) is 2.42. The van der Waals surface area contributed by atoms with Crippen LogP contribution in [0.15, 0.2) is 43.0 Å². The Morgan fingerprint density at radius 1 is 1.38 bits per heavy atom. The number of carbonyl (C=O) groups is 1. The molecule has 1 unspecified atom stereocenters. The second-order valence-electron chi connectivity index (χ2n) is 5.60. The zero-order chi connectivity index (χ0) is 15.9. The molecule has 0 saturated heterocycles. The van der Waals surface area contributed by atoms with Crippen LogP contribution in [-0.2, 0) is 16.2 Å². The van der Waals surface area contributed by atoms with Crippen LogP contribution in [0.25, 0.3) is 0 Å². The van der Waals surface area contributed by atoms with Gasteiger partial charge in [-0.15, -0.1) is 6.58 Å². The quantitative estimate of drug-likeness (QED) is 0.647. The summed E-state index contributed by atoms with van der Waals surface area (Å²) in [7, 11) is 0. The molecule has 0 spiro atoms. The lowest BCUT2D eigenvalue weighted by atomic mass is 10.2. The summed E-state index contributed by atoms with van der Waals surface area (Å²) in [6.07, 6.45) is 0.989. The number of hydroxylamine groups is 2. The summed E-state index contributed by atoms with van der Waals surface area (Å²) in [4.78, 5) is 17.8. The number of nitrogens with two attached hydrogens (primary N) is 1. The van der Waals surface area contributed by atoms with E-state index in [2.05, 4.69) is 6.58 Å². The minimum atomic E-state index is -0.605. The van der Waals surface area contributed by atoms with Crippen LogP contribution in [0, 0.1) is 0 Å². The van der Waals surface area contributed by atoms with Crippen molar-refractivity contribution in [2.75, 3.05) is 6.54 Å². The molecule has 1 amide bonds. The van der Waals surface area contributed by atoms with Gasteiger partial charge in [0.15, 0.2) is 0 Å². The van der Waals surface area contributed by atoms with E-state index in [9.17, 15) is 4.79 Å². The number of benzene rings is 1. The van der Waals surface area contributed by atoms with Gasteiger partial charge in [0, 0.05) is 6.54 Å². The van der Waals surface area contributed by atoms with Crippen LogP contribution in [0.5, 0.6) is 0 Å². The highest BCUT2D eigenvalue weighted by atomic mass is 16.7. The number of ether oxygens (including phenoxy) is 1. The van der Waals surface area contributed by atoms with Crippen molar-refractivity contribution in [1.82, 2.24) is 5.06 Å². The number of amides is 1. The standard InChI is InChI=1S/C16H24N2O3/c1-5-14(11-17)18(15(19)21-16(2,3)4)20-12-13-9-7-6-8-10-13/h5-10,14H,1,11-12,17H2,2-4H3. The van der Waals surface area contributed by atoms with Crippen molar-refractivity contribution in [2.24, 2.45) is 5.73 Å². The average molecular weight is 292 g/mol. The number of rotatable bonds is 6. The van der Waals surface area contributed by atoms with Crippen molar-refractivity contribution in [2.45, 2.75) is 39.0 Å². The van der Waals surface area contributed by atoms with Gasteiger partial charge in [-0.1, -0.05) is 36.4 Å². The first-order valence-corrected chi connectivity index (χ1v) is 6.89. The Balaban J connectivity index is 2.77. The van der Waals surface area contributed by atoms with Gasteiger partial charge in [-0.25, -0.2) is 4.79 Å². The second-order valence-corrected chi connectivity index (χ2v) is 5.60.